The first kappa shape index (κ1) is 14.9. The van der Waals surface area contributed by atoms with Crippen LogP contribution in [0, 0.1) is 17.1 Å². The van der Waals surface area contributed by atoms with Gasteiger partial charge in [0, 0.05) is 10.9 Å². The van der Waals surface area contributed by atoms with Crippen LogP contribution in [0.5, 0.6) is 5.75 Å². The molecule has 114 valence electrons. The monoisotopic (exact) mass is 328 g/mol. The highest BCUT2D eigenvalue weighted by molar-refractivity contribution is 7.16. The number of ether oxygens (including phenoxy) is 1. The van der Waals surface area contributed by atoms with E-state index in [1.807, 2.05) is 0 Å². The number of aromatic carboxylic acids is 1. The fraction of sp³-hybridized carbons (Fsp3) is 0.0625. The molecule has 2 aromatic carbocycles. The number of rotatable bonds is 3. The van der Waals surface area contributed by atoms with Crippen molar-refractivity contribution in [2.45, 2.75) is 0 Å². The molecule has 5 nitrogen and oxygen atoms in total. The largest absolute Gasteiger partial charge is 0.494 e. The number of hydrogen-bond donors (Lipinski definition) is 1. The van der Waals surface area contributed by atoms with Gasteiger partial charge in [-0.05, 0) is 29.7 Å². The van der Waals surface area contributed by atoms with E-state index >= 15 is 0 Å². The van der Waals surface area contributed by atoms with Crippen molar-refractivity contribution < 1.29 is 19.0 Å². The van der Waals surface area contributed by atoms with Crippen LogP contribution in [0.1, 0.15) is 15.2 Å². The smallest absolute Gasteiger partial charge is 0.347 e. The standard InChI is InChI=1S/C16H9FN2O3S/c1-22-13-5-11-8(4-12(13)17)2-9(3-10(11)6-18)15-19-7-14(23-15)16(20)21/h2-5,7H,1H3,(H,20,21). The zero-order valence-electron chi connectivity index (χ0n) is 11.8. The second-order valence-corrected chi connectivity index (χ2v) is 5.71. The molecule has 0 spiro atoms. The Morgan fingerprint density at radius 2 is 2.17 bits per heavy atom. The van der Waals surface area contributed by atoms with Gasteiger partial charge < -0.3 is 9.84 Å². The maximum atomic E-state index is 13.9. The predicted molar refractivity (Wildman–Crippen MR) is 83.2 cm³/mol. The molecular formula is C16H9FN2O3S. The van der Waals surface area contributed by atoms with Gasteiger partial charge in [-0.3, -0.25) is 0 Å². The van der Waals surface area contributed by atoms with Crippen molar-refractivity contribution in [2.24, 2.45) is 0 Å². The SMILES string of the molecule is COc1cc2c(C#N)cc(-c3ncc(C(=O)O)s3)cc2cc1F. The number of benzene rings is 2. The van der Waals surface area contributed by atoms with Gasteiger partial charge in [-0.1, -0.05) is 0 Å². The highest BCUT2D eigenvalue weighted by atomic mass is 32.1. The van der Waals surface area contributed by atoms with E-state index in [9.17, 15) is 14.4 Å². The van der Waals surface area contributed by atoms with Gasteiger partial charge in [0.1, 0.15) is 9.88 Å². The average Bonchev–Trinajstić information content (AvgIpc) is 3.03. The Bertz CT molecular complexity index is 975. The van der Waals surface area contributed by atoms with Gasteiger partial charge in [-0.15, -0.1) is 11.3 Å². The normalized spacial score (nSPS) is 10.5. The quantitative estimate of drug-likeness (QED) is 0.793. The lowest BCUT2D eigenvalue weighted by molar-refractivity contribution is 0.0702. The number of aromatic nitrogens is 1. The molecule has 0 aliphatic carbocycles. The Kier molecular flexibility index (Phi) is 3.68. The number of nitrogens with zero attached hydrogens (tertiary/aromatic N) is 2. The van der Waals surface area contributed by atoms with Crippen molar-refractivity contribution in [1.82, 2.24) is 4.98 Å². The number of hydrogen-bond acceptors (Lipinski definition) is 5. The average molecular weight is 328 g/mol. The van der Waals surface area contributed by atoms with Gasteiger partial charge in [0.2, 0.25) is 0 Å². The van der Waals surface area contributed by atoms with Crippen LogP contribution in [0.2, 0.25) is 0 Å². The molecule has 3 aromatic rings. The molecule has 0 fully saturated rings. The van der Waals surface area contributed by atoms with Crippen molar-refractivity contribution >= 4 is 28.1 Å². The molecule has 7 heteroatoms. The first-order valence-electron chi connectivity index (χ1n) is 6.44. The molecule has 23 heavy (non-hydrogen) atoms. The minimum absolute atomic E-state index is 0.0594. The summed E-state index contributed by atoms with van der Waals surface area (Å²) < 4.78 is 18.8. The summed E-state index contributed by atoms with van der Waals surface area (Å²) in [5, 5.41) is 19.8. The van der Waals surface area contributed by atoms with E-state index in [0.29, 0.717) is 26.9 Å². The van der Waals surface area contributed by atoms with Crippen LogP contribution < -0.4 is 4.74 Å². The number of carbonyl (C=O) groups is 1. The van der Waals surface area contributed by atoms with E-state index < -0.39 is 11.8 Å². The Labute approximate surface area is 134 Å². The summed E-state index contributed by atoms with van der Waals surface area (Å²) in [5.74, 6) is -1.54. The van der Waals surface area contributed by atoms with Gasteiger partial charge in [0.15, 0.2) is 11.6 Å². The molecule has 3 rings (SSSR count). The molecule has 0 amide bonds. The van der Waals surface area contributed by atoms with Crippen LogP contribution in [0.4, 0.5) is 4.39 Å². The summed E-state index contributed by atoms with van der Waals surface area (Å²) >= 11 is 0.995. The molecule has 0 aliphatic rings. The van der Waals surface area contributed by atoms with Crippen molar-refractivity contribution in [2.75, 3.05) is 7.11 Å². The van der Waals surface area contributed by atoms with Crippen LogP contribution >= 0.6 is 11.3 Å². The second kappa shape index (κ2) is 5.66. The Hall–Kier alpha value is -2.98. The van der Waals surface area contributed by atoms with Gasteiger partial charge in [0.05, 0.1) is 24.9 Å². The lowest BCUT2D eigenvalue weighted by Gasteiger charge is -2.07. The third-order valence-corrected chi connectivity index (χ3v) is 4.34. The first-order chi connectivity index (χ1) is 11.0. The summed E-state index contributed by atoms with van der Waals surface area (Å²) in [6.45, 7) is 0. The molecule has 1 aromatic heterocycles. The molecule has 0 saturated carbocycles. The summed E-state index contributed by atoms with van der Waals surface area (Å²) in [5.41, 5.74) is 0.902. The predicted octanol–water partition coefficient (Wildman–Crippen LogP) is 3.68. The van der Waals surface area contributed by atoms with E-state index in [1.165, 1.54) is 25.4 Å². The number of fused-ring (bicyclic) bond motifs is 1. The maximum absolute atomic E-state index is 13.9. The molecule has 1 heterocycles. The minimum atomic E-state index is -1.06. The minimum Gasteiger partial charge on any atom is -0.494 e. The maximum Gasteiger partial charge on any atom is 0.347 e. The molecule has 0 radical (unpaired) electrons. The number of thiazole rings is 1. The highest BCUT2D eigenvalue weighted by Crippen LogP contribution is 2.33. The Morgan fingerprint density at radius 3 is 2.78 bits per heavy atom. The van der Waals surface area contributed by atoms with E-state index in [1.54, 1.807) is 12.1 Å². The molecule has 0 saturated heterocycles. The fourth-order valence-corrected chi connectivity index (χ4v) is 2.98. The van der Waals surface area contributed by atoms with Gasteiger partial charge in [0.25, 0.3) is 0 Å². The van der Waals surface area contributed by atoms with Crippen molar-refractivity contribution in [1.29, 1.82) is 5.26 Å². The number of halogens is 1. The van der Waals surface area contributed by atoms with Crippen LogP contribution in [0.3, 0.4) is 0 Å². The topological polar surface area (TPSA) is 83.2 Å². The van der Waals surface area contributed by atoms with Crippen molar-refractivity contribution in [3.05, 3.63) is 46.7 Å². The summed E-state index contributed by atoms with van der Waals surface area (Å²) in [7, 11) is 1.35. The van der Waals surface area contributed by atoms with Crippen LogP contribution in [-0.2, 0) is 0 Å². The van der Waals surface area contributed by atoms with Crippen LogP contribution in [0.15, 0.2) is 30.5 Å². The van der Waals surface area contributed by atoms with Crippen LogP contribution in [-0.4, -0.2) is 23.2 Å². The van der Waals surface area contributed by atoms with Crippen molar-refractivity contribution in [3.63, 3.8) is 0 Å². The third-order valence-electron chi connectivity index (χ3n) is 3.31. The fourth-order valence-electron chi connectivity index (χ4n) is 2.24. The molecule has 0 bridgehead atoms. The van der Waals surface area contributed by atoms with Gasteiger partial charge >= 0.3 is 5.97 Å². The zero-order valence-corrected chi connectivity index (χ0v) is 12.6. The Balaban J connectivity index is 2.23. The molecule has 0 unspecified atom stereocenters. The number of carboxylic acid groups (broad SMARTS) is 1. The van der Waals surface area contributed by atoms with Gasteiger partial charge in [-0.25, -0.2) is 14.2 Å². The van der Waals surface area contributed by atoms with E-state index in [4.69, 9.17) is 9.84 Å². The lowest BCUT2D eigenvalue weighted by atomic mass is 10.0. The first-order valence-corrected chi connectivity index (χ1v) is 7.26. The highest BCUT2D eigenvalue weighted by Gasteiger charge is 2.14. The van der Waals surface area contributed by atoms with E-state index in [-0.39, 0.29) is 10.6 Å². The lowest BCUT2D eigenvalue weighted by Crippen LogP contribution is -1.91. The third kappa shape index (κ3) is 2.60. The molecule has 0 atom stereocenters. The zero-order chi connectivity index (χ0) is 16.6. The number of carboxylic acids is 1. The van der Waals surface area contributed by atoms with Crippen molar-refractivity contribution in [3.8, 4) is 22.4 Å². The number of nitriles is 1. The summed E-state index contributed by atoms with van der Waals surface area (Å²) in [6, 6.07) is 8.09. The van der Waals surface area contributed by atoms with E-state index in [2.05, 4.69) is 11.1 Å². The van der Waals surface area contributed by atoms with E-state index in [0.717, 1.165) is 11.3 Å². The molecule has 0 aliphatic heterocycles. The summed E-state index contributed by atoms with van der Waals surface area (Å²) in [6.07, 6.45) is 1.26. The molecular weight excluding hydrogens is 319 g/mol. The second-order valence-electron chi connectivity index (χ2n) is 4.68. The van der Waals surface area contributed by atoms with Gasteiger partial charge in [-0.2, -0.15) is 5.26 Å². The number of methoxy groups -OCH3 is 1. The summed E-state index contributed by atoms with van der Waals surface area (Å²) in [4.78, 5) is 15.1. The molecule has 1 N–H and O–H groups in total. The van der Waals surface area contributed by atoms with Crippen LogP contribution in [0.25, 0.3) is 21.3 Å². The Morgan fingerprint density at radius 1 is 1.39 bits per heavy atom.